The third-order valence-corrected chi connectivity index (χ3v) is 1.23. The minimum absolute atomic E-state index is 0. The normalized spacial score (nSPS) is 15.9. The minimum atomic E-state index is 0. The summed E-state index contributed by atoms with van der Waals surface area (Å²) in [5, 5.41) is 1.38. The summed E-state index contributed by atoms with van der Waals surface area (Å²) in [6.45, 7) is 0. The maximum absolute atomic E-state index is 2.67. The summed E-state index contributed by atoms with van der Waals surface area (Å²) in [4.78, 5) is 0. The van der Waals surface area contributed by atoms with Crippen LogP contribution in [0.15, 0.2) is 23.5 Å². The monoisotopic (exact) mass is 200 g/mol. The molecule has 7 heavy (non-hydrogen) atoms. The maximum atomic E-state index is 2.67. The van der Waals surface area contributed by atoms with Crippen molar-refractivity contribution in [3.63, 3.8) is 0 Å². The number of hydrogen-bond donors (Lipinski definition) is 0. The van der Waals surface area contributed by atoms with Gasteiger partial charge < -0.3 is 0 Å². The summed E-state index contributed by atoms with van der Waals surface area (Å²) < 4.78 is 0. The molecule has 1 rings (SSSR count). The number of rotatable bonds is 0. The second kappa shape index (κ2) is 3.52. The average molecular weight is 199 g/mol. The van der Waals surface area contributed by atoms with E-state index in [1.165, 1.54) is 5.31 Å². The van der Waals surface area contributed by atoms with Crippen molar-refractivity contribution in [1.29, 1.82) is 0 Å². The van der Waals surface area contributed by atoms with E-state index in [-0.39, 0.29) is 19.5 Å². The summed E-state index contributed by atoms with van der Waals surface area (Å²) in [6.07, 6.45) is 7.44. The van der Waals surface area contributed by atoms with Crippen molar-refractivity contribution in [2.75, 3.05) is 0 Å². The Morgan fingerprint density at radius 1 is 1.57 bits per heavy atom. The third-order valence-electron chi connectivity index (χ3n) is 0.800. The maximum Gasteiger partial charge on any atom is 0 e. The second-order valence-electron chi connectivity index (χ2n) is 1.37. The molecule has 40 valence electrons. The van der Waals surface area contributed by atoms with Crippen LogP contribution in [0, 0.1) is 0 Å². The van der Waals surface area contributed by atoms with E-state index < -0.39 is 0 Å². The molecule has 0 heterocycles. The predicted molar refractivity (Wildman–Crippen MR) is 31.5 cm³/mol. The molecule has 0 fully saturated rings. The Kier molecular flexibility index (Phi) is 3.79. The van der Waals surface area contributed by atoms with Crippen LogP contribution < -0.4 is 0 Å². The quantitative estimate of drug-likeness (QED) is 0.411. The van der Waals surface area contributed by atoms with Crippen LogP contribution in [0.4, 0.5) is 0 Å². The predicted octanol–water partition coefficient (Wildman–Crippen LogP) is 1.70. The Balaban J connectivity index is 0.000000360. The Morgan fingerprint density at radius 2 is 2.29 bits per heavy atom. The van der Waals surface area contributed by atoms with Gasteiger partial charge in [0.1, 0.15) is 0 Å². The molecule has 0 aromatic carbocycles. The van der Waals surface area contributed by atoms with Crippen molar-refractivity contribution in [3.8, 4) is 0 Å². The zero-order valence-electron chi connectivity index (χ0n) is 3.87. The molecule has 0 aromatic heterocycles. The van der Waals surface area contributed by atoms with Crippen LogP contribution in [0.2, 0.25) is 0 Å². The summed E-state index contributed by atoms with van der Waals surface area (Å²) >= 11 is 0. The summed E-state index contributed by atoms with van der Waals surface area (Å²) in [5.41, 5.74) is 0. The van der Waals surface area contributed by atoms with Crippen LogP contribution in [0.1, 0.15) is 6.42 Å². The van der Waals surface area contributed by atoms with E-state index in [0.29, 0.717) is 0 Å². The summed E-state index contributed by atoms with van der Waals surface area (Å²) in [7, 11) is 2.67. The van der Waals surface area contributed by atoms with Gasteiger partial charge >= 0.3 is 0 Å². The Morgan fingerprint density at radius 3 is 2.43 bits per heavy atom. The molecule has 0 nitrogen and oxygen atoms in total. The summed E-state index contributed by atoms with van der Waals surface area (Å²) in [5.74, 6) is 0. The van der Waals surface area contributed by atoms with E-state index in [4.69, 9.17) is 0 Å². The largest absolute Gasteiger partial charge is 0.110 e. The van der Waals surface area contributed by atoms with E-state index in [1.807, 2.05) is 0 Å². The SMILES string of the molecule is PC1=CC=CC1.[Ru]. The Bertz CT molecular complexity index is 105. The molecule has 0 spiro atoms. The van der Waals surface area contributed by atoms with Gasteiger partial charge in [-0.15, -0.1) is 9.24 Å². The zero-order valence-corrected chi connectivity index (χ0v) is 6.76. The van der Waals surface area contributed by atoms with E-state index in [0.717, 1.165) is 6.42 Å². The van der Waals surface area contributed by atoms with Crippen LogP contribution in [0.3, 0.4) is 0 Å². The molecule has 2 heteroatoms. The molecule has 0 aliphatic heterocycles. The molecule has 0 saturated heterocycles. The van der Waals surface area contributed by atoms with Crippen LogP contribution in [-0.2, 0) is 19.5 Å². The fourth-order valence-electron chi connectivity index (χ4n) is 0.464. The van der Waals surface area contributed by atoms with Gasteiger partial charge in [0.05, 0.1) is 0 Å². The van der Waals surface area contributed by atoms with E-state index in [9.17, 15) is 0 Å². The minimum Gasteiger partial charge on any atom is -0.110 e. The van der Waals surface area contributed by atoms with Crippen LogP contribution in [-0.4, -0.2) is 0 Å². The van der Waals surface area contributed by atoms with Gasteiger partial charge in [0, 0.05) is 19.5 Å². The van der Waals surface area contributed by atoms with Gasteiger partial charge in [-0.2, -0.15) is 0 Å². The molecule has 0 radical (unpaired) electrons. The smallest absolute Gasteiger partial charge is 0 e. The molecular weight excluding hydrogens is 192 g/mol. The van der Waals surface area contributed by atoms with Gasteiger partial charge in [-0.05, 0) is 11.7 Å². The van der Waals surface area contributed by atoms with Gasteiger partial charge in [-0.1, -0.05) is 18.2 Å². The van der Waals surface area contributed by atoms with Crippen LogP contribution in [0.25, 0.3) is 0 Å². The van der Waals surface area contributed by atoms with Crippen molar-refractivity contribution >= 4 is 9.24 Å². The first-order valence-corrected chi connectivity index (χ1v) is 2.58. The molecule has 0 N–H and O–H groups in total. The molecular formula is C5H7PRu. The van der Waals surface area contributed by atoms with Crippen molar-refractivity contribution in [2.24, 2.45) is 0 Å². The van der Waals surface area contributed by atoms with Gasteiger partial charge in [0.15, 0.2) is 0 Å². The van der Waals surface area contributed by atoms with Crippen LogP contribution >= 0.6 is 9.24 Å². The van der Waals surface area contributed by atoms with Crippen LogP contribution in [0.5, 0.6) is 0 Å². The standard InChI is InChI=1S/C5H7P.Ru/c6-5-3-1-2-4-5;/h1-3H,4,6H2;. The van der Waals surface area contributed by atoms with Crippen molar-refractivity contribution in [1.82, 2.24) is 0 Å². The first-order chi connectivity index (χ1) is 2.89. The van der Waals surface area contributed by atoms with Gasteiger partial charge in [-0.25, -0.2) is 0 Å². The van der Waals surface area contributed by atoms with Gasteiger partial charge in [-0.3, -0.25) is 0 Å². The van der Waals surface area contributed by atoms with E-state index >= 15 is 0 Å². The zero-order chi connectivity index (χ0) is 4.41. The molecule has 0 amide bonds. The third kappa shape index (κ3) is 2.37. The fourth-order valence-corrected chi connectivity index (χ4v) is 0.711. The van der Waals surface area contributed by atoms with Gasteiger partial charge in [0.25, 0.3) is 0 Å². The average Bonchev–Trinajstić information content (AvgIpc) is 1.86. The van der Waals surface area contributed by atoms with E-state index in [1.54, 1.807) is 0 Å². The first kappa shape index (κ1) is 7.53. The Labute approximate surface area is 59.0 Å². The summed E-state index contributed by atoms with van der Waals surface area (Å²) in [6, 6.07) is 0. The molecule has 0 saturated carbocycles. The van der Waals surface area contributed by atoms with Crippen molar-refractivity contribution in [2.45, 2.75) is 6.42 Å². The number of allylic oxidation sites excluding steroid dienone is 4. The Hall–Kier alpha value is 0.533. The molecule has 0 aromatic rings. The molecule has 1 aliphatic carbocycles. The fraction of sp³-hybridized carbons (Fsp3) is 0.200. The van der Waals surface area contributed by atoms with Gasteiger partial charge in [0.2, 0.25) is 0 Å². The topological polar surface area (TPSA) is 0 Å². The molecule has 1 atom stereocenters. The van der Waals surface area contributed by atoms with Crippen molar-refractivity contribution < 1.29 is 19.5 Å². The molecule has 1 unspecified atom stereocenters. The first-order valence-electron chi connectivity index (χ1n) is 2.01. The second-order valence-corrected chi connectivity index (χ2v) is 2.12. The molecule has 0 bridgehead atoms. The van der Waals surface area contributed by atoms with E-state index in [2.05, 4.69) is 27.5 Å². The number of hydrogen-bond acceptors (Lipinski definition) is 0. The molecule has 1 aliphatic rings. The van der Waals surface area contributed by atoms with Crippen molar-refractivity contribution in [3.05, 3.63) is 23.5 Å².